The molecule has 0 aromatic heterocycles. The summed E-state index contributed by atoms with van der Waals surface area (Å²) >= 11 is 0. The molecule has 76 valence electrons. The Morgan fingerprint density at radius 1 is 1.50 bits per heavy atom. The van der Waals surface area contributed by atoms with Gasteiger partial charge in [0.05, 0.1) is 11.4 Å². The first-order chi connectivity index (χ1) is 6.70. The summed E-state index contributed by atoms with van der Waals surface area (Å²) in [5.41, 5.74) is 7.25. The Hall–Kier alpha value is -1.25. The quantitative estimate of drug-likeness (QED) is 0.732. The molecule has 1 aromatic rings. The number of hydrogen-bond acceptors (Lipinski definition) is 2. The van der Waals surface area contributed by atoms with Gasteiger partial charge in [-0.25, -0.2) is 4.39 Å². The minimum Gasteiger partial charge on any atom is -0.397 e. The lowest BCUT2D eigenvalue weighted by Gasteiger charge is -2.41. The molecular formula is C11H15FN2. The molecular weight excluding hydrogens is 179 g/mol. The van der Waals surface area contributed by atoms with E-state index in [1.807, 2.05) is 0 Å². The van der Waals surface area contributed by atoms with Crippen molar-refractivity contribution in [3.8, 4) is 0 Å². The number of nitrogens with two attached hydrogens (primary N) is 1. The Morgan fingerprint density at radius 2 is 2.21 bits per heavy atom. The smallest absolute Gasteiger partial charge is 0.125 e. The lowest BCUT2D eigenvalue weighted by atomic mass is 9.96. The first-order valence-electron chi connectivity index (χ1n) is 5.00. The van der Waals surface area contributed by atoms with E-state index in [4.69, 9.17) is 5.73 Å². The van der Waals surface area contributed by atoms with E-state index in [0.29, 0.717) is 5.69 Å². The molecule has 0 atom stereocenters. The molecule has 1 aliphatic rings. The second-order valence-electron chi connectivity index (χ2n) is 3.88. The molecule has 3 heteroatoms. The summed E-state index contributed by atoms with van der Waals surface area (Å²) in [6, 6.07) is 4.61. The molecule has 2 N–H and O–H groups in total. The van der Waals surface area contributed by atoms with Gasteiger partial charge in [0.2, 0.25) is 0 Å². The minimum atomic E-state index is -0.265. The second-order valence-corrected chi connectivity index (χ2v) is 3.88. The van der Waals surface area contributed by atoms with Crippen LogP contribution in [0.5, 0.6) is 0 Å². The van der Waals surface area contributed by atoms with Crippen LogP contribution in [0.15, 0.2) is 18.2 Å². The summed E-state index contributed by atoms with van der Waals surface area (Å²) in [6.07, 6.45) is 1.21. The zero-order valence-corrected chi connectivity index (χ0v) is 8.33. The maximum absolute atomic E-state index is 12.8. The highest BCUT2D eigenvalue weighted by atomic mass is 19.1. The summed E-state index contributed by atoms with van der Waals surface area (Å²) in [4.78, 5) is 2.20. The van der Waals surface area contributed by atoms with Crippen molar-refractivity contribution < 1.29 is 4.39 Å². The van der Waals surface area contributed by atoms with E-state index >= 15 is 0 Å². The monoisotopic (exact) mass is 194 g/mol. The molecule has 0 saturated carbocycles. The first-order valence-corrected chi connectivity index (χ1v) is 5.00. The van der Waals surface area contributed by atoms with Crippen LogP contribution in [0.4, 0.5) is 15.8 Å². The Bertz CT molecular complexity index is 332. The van der Waals surface area contributed by atoms with E-state index in [9.17, 15) is 4.39 Å². The molecule has 1 fully saturated rings. The lowest BCUT2D eigenvalue weighted by molar-refractivity contribution is 0.399. The predicted octanol–water partition coefficient (Wildman–Crippen LogP) is 2.25. The normalized spacial score (nSPS) is 16.9. The van der Waals surface area contributed by atoms with Crippen molar-refractivity contribution in [3.05, 3.63) is 24.0 Å². The number of hydrogen-bond donors (Lipinski definition) is 1. The van der Waals surface area contributed by atoms with E-state index in [2.05, 4.69) is 11.8 Å². The van der Waals surface area contributed by atoms with Gasteiger partial charge in [-0.2, -0.15) is 0 Å². The van der Waals surface area contributed by atoms with E-state index in [1.54, 1.807) is 6.07 Å². The Kier molecular flexibility index (Phi) is 2.32. The highest BCUT2D eigenvalue weighted by Crippen LogP contribution is 2.31. The standard InChI is InChI=1S/C11H15FN2/c1-2-8-6-14(7-8)11-4-3-9(12)5-10(11)13/h3-5,8H,2,6-7,13H2,1H3. The fourth-order valence-corrected chi connectivity index (χ4v) is 1.84. The van der Waals surface area contributed by atoms with Crippen LogP contribution in [0.2, 0.25) is 0 Å². The van der Waals surface area contributed by atoms with Crippen LogP contribution in [0, 0.1) is 11.7 Å². The Balaban J connectivity index is 2.11. The molecule has 1 saturated heterocycles. The number of nitrogens with zero attached hydrogens (tertiary/aromatic N) is 1. The van der Waals surface area contributed by atoms with Crippen molar-refractivity contribution in [2.45, 2.75) is 13.3 Å². The predicted molar refractivity (Wildman–Crippen MR) is 56.8 cm³/mol. The highest BCUT2D eigenvalue weighted by Gasteiger charge is 2.26. The summed E-state index contributed by atoms with van der Waals surface area (Å²) in [5, 5.41) is 0. The van der Waals surface area contributed by atoms with Crippen LogP contribution in [-0.4, -0.2) is 13.1 Å². The van der Waals surface area contributed by atoms with Crippen molar-refractivity contribution in [1.82, 2.24) is 0 Å². The lowest BCUT2D eigenvalue weighted by Crippen LogP contribution is -2.46. The zero-order chi connectivity index (χ0) is 10.1. The summed E-state index contributed by atoms with van der Waals surface area (Å²) in [7, 11) is 0. The molecule has 14 heavy (non-hydrogen) atoms. The third kappa shape index (κ3) is 1.54. The van der Waals surface area contributed by atoms with Crippen LogP contribution >= 0.6 is 0 Å². The van der Waals surface area contributed by atoms with Crippen molar-refractivity contribution in [1.29, 1.82) is 0 Å². The number of anilines is 2. The van der Waals surface area contributed by atoms with E-state index in [1.165, 1.54) is 18.6 Å². The van der Waals surface area contributed by atoms with Crippen LogP contribution in [0.3, 0.4) is 0 Å². The number of rotatable bonds is 2. The van der Waals surface area contributed by atoms with E-state index in [0.717, 1.165) is 24.7 Å². The Morgan fingerprint density at radius 3 is 2.79 bits per heavy atom. The fraction of sp³-hybridized carbons (Fsp3) is 0.455. The van der Waals surface area contributed by atoms with Gasteiger partial charge < -0.3 is 10.6 Å². The molecule has 0 radical (unpaired) electrons. The van der Waals surface area contributed by atoms with Gasteiger partial charge >= 0.3 is 0 Å². The van der Waals surface area contributed by atoms with E-state index < -0.39 is 0 Å². The molecule has 2 nitrogen and oxygen atoms in total. The second kappa shape index (κ2) is 3.48. The maximum Gasteiger partial charge on any atom is 0.125 e. The highest BCUT2D eigenvalue weighted by molar-refractivity contribution is 5.68. The average molecular weight is 194 g/mol. The van der Waals surface area contributed by atoms with Crippen LogP contribution in [-0.2, 0) is 0 Å². The zero-order valence-electron chi connectivity index (χ0n) is 8.33. The molecule has 1 aliphatic heterocycles. The van der Waals surface area contributed by atoms with Crippen LogP contribution in [0.25, 0.3) is 0 Å². The first kappa shape index (κ1) is 9.31. The maximum atomic E-state index is 12.8. The summed E-state index contributed by atoms with van der Waals surface area (Å²) < 4.78 is 12.8. The van der Waals surface area contributed by atoms with Crippen molar-refractivity contribution in [3.63, 3.8) is 0 Å². The van der Waals surface area contributed by atoms with Crippen LogP contribution in [0.1, 0.15) is 13.3 Å². The molecule has 0 unspecified atom stereocenters. The van der Waals surface area contributed by atoms with Crippen LogP contribution < -0.4 is 10.6 Å². The molecule has 0 bridgehead atoms. The molecule has 0 spiro atoms. The van der Waals surface area contributed by atoms with Gasteiger partial charge in [0.1, 0.15) is 5.82 Å². The van der Waals surface area contributed by atoms with Crippen molar-refractivity contribution >= 4 is 11.4 Å². The fourth-order valence-electron chi connectivity index (χ4n) is 1.84. The summed E-state index contributed by atoms with van der Waals surface area (Å²) in [6.45, 7) is 4.29. The molecule has 0 amide bonds. The van der Waals surface area contributed by atoms with Gasteiger partial charge in [-0.3, -0.25) is 0 Å². The molecule has 0 aliphatic carbocycles. The topological polar surface area (TPSA) is 29.3 Å². The number of nitrogen functional groups attached to an aromatic ring is 1. The van der Waals surface area contributed by atoms with Gasteiger partial charge in [0.25, 0.3) is 0 Å². The molecule has 1 aromatic carbocycles. The molecule has 2 rings (SSSR count). The van der Waals surface area contributed by atoms with Gasteiger partial charge in [-0.05, 0) is 30.5 Å². The summed E-state index contributed by atoms with van der Waals surface area (Å²) in [5.74, 6) is 0.512. The van der Waals surface area contributed by atoms with Gasteiger partial charge in [0, 0.05) is 13.1 Å². The van der Waals surface area contributed by atoms with Crippen molar-refractivity contribution in [2.24, 2.45) is 5.92 Å². The van der Waals surface area contributed by atoms with E-state index in [-0.39, 0.29) is 5.82 Å². The number of halogens is 1. The third-order valence-corrected chi connectivity index (χ3v) is 2.86. The van der Waals surface area contributed by atoms with Gasteiger partial charge in [-0.1, -0.05) is 6.92 Å². The number of benzene rings is 1. The van der Waals surface area contributed by atoms with Crippen molar-refractivity contribution in [2.75, 3.05) is 23.7 Å². The van der Waals surface area contributed by atoms with Gasteiger partial charge in [0.15, 0.2) is 0 Å². The van der Waals surface area contributed by atoms with Gasteiger partial charge in [-0.15, -0.1) is 0 Å². The average Bonchev–Trinajstić information content (AvgIpc) is 2.06. The largest absolute Gasteiger partial charge is 0.397 e. The SMILES string of the molecule is CCC1CN(c2ccc(F)cc2N)C1. The third-order valence-electron chi connectivity index (χ3n) is 2.86. The Labute approximate surface area is 83.5 Å². The molecule has 1 heterocycles. The minimum absolute atomic E-state index is 0.265.